The van der Waals surface area contributed by atoms with E-state index >= 15 is 0 Å². The van der Waals surface area contributed by atoms with Gasteiger partial charge in [-0.05, 0) is 35.1 Å². The maximum atomic E-state index is 12.4. The second-order valence-electron chi connectivity index (χ2n) is 8.11. The Balaban J connectivity index is 1.41. The third kappa shape index (κ3) is 5.22. The zero-order chi connectivity index (χ0) is 19.3. The number of piperazine rings is 1. The third-order valence-electron chi connectivity index (χ3n) is 5.10. The number of nitrogens with zero attached hydrogens (tertiary/aromatic N) is 3. The molecule has 0 bridgehead atoms. The van der Waals surface area contributed by atoms with Crippen LogP contribution in [0, 0.1) is 0 Å². The van der Waals surface area contributed by atoms with Gasteiger partial charge in [-0.3, -0.25) is 4.98 Å². The lowest BCUT2D eigenvalue weighted by atomic mass is 9.86. The highest BCUT2D eigenvalue weighted by molar-refractivity contribution is 5.74. The number of aromatic nitrogens is 1. The first-order valence-corrected chi connectivity index (χ1v) is 9.71. The first-order chi connectivity index (χ1) is 12.9. The van der Waals surface area contributed by atoms with Gasteiger partial charge in [-0.25, -0.2) is 4.79 Å². The van der Waals surface area contributed by atoms with Gasteiger partial charge in [0.25, 0.3) is 0 Å². The molecule has 2 heterocycles. The monoisotopic (exact) mass is 366 g/mol. The summed E-state index contributed by atoms with van der Waals surface area (Å²) in [5.74, 6) is 0. The molecule has 0 spiro atoms. The molecule has 0 atom stereocenters. The minimum atomic E-state index is 0.0377. The number of rotatable bonds is 4. The Morgan fingerprint density at radius 2 is 1.63 bits per heavy atom. The number of carbonyl (C=O) groups excluding carboxylic acids is 1. The van der Waals surface area contributed by atoms with Crippen LogP contribution in [-0.2, 0) is 11.8 Å². The normalized spacial score (nSPS) is 14.9. The van der Waals surface area contributed by atoms with Crippen molar-refractivity contribution in [3.63, 3.8) is 0 Å². The number of anilines is 1. The summed E-state index contributed by atoms with van der Waals surface area (Å²) < 4.78 is 0. The van der Waals surface area contributed by atoms with Gasteiger partial charge < -0.3 is 15.1 Å². The molecule has 0 radical (unpaired) electrons. The van der Waals surface area contributed by atoms with Crippen molar-refractivity contribution in [2.45, 2.75) is 32.6 Å². The van der Waals surface area contributed by atoms with Crippen LogP contribution >= 0.6 is 0 Å². The molecular weight excluding hydrogens is 336 g/mol. The molecule has 1 aliphatic rings. The van der Waals surface area contributed by atoms with Crippen LogP contribution < -0.4 is 10.2 Å². The molecule has 0 unspecified atom stereocenters. The summed E-state index contributed by atoms with van der Waals surface area (Å²) in [6, 6.07) is 12.8. The standard InChI is InChI=1S/C22H30N4O/c1-22(2,3)19-6-4-18(5-7-19)8-13-24-21(27)26-16-14-25(15-17-26)20-9-11-23-12-10-20/h4-7,9-12H,8,13-17H2,1-3H3,(H,24,27). The predicted octanol–water partition coefficient (Wildman–Crippen LogP) is 3.45. The third-order valence-corrected chi connectivity index (χ3v) is 5.10. The lowest BCUT2D eigenvalue weighted by Crippen LogP contribution is -2.52. The minimum Gasteiger partial charge on any atom is -0.368 e. The highest BCUT2D eigenvalue weighted by Gasteiger charge is 2.21. The van der Waals surface area contributed by atoms with Crippen LogP contribution in [-0.4, -0.2) is 48.6 Å². The molecule has 1 fully saturated rings. The summed E-state index contributed by atoms with van der Waals surface area (Å²) in [6.45, 7) is 10.5. The Morgan fingerprint density at radius 3 is 2.22 bits per heavy atom. The van der Waals surface area contributed by atoms with E-state index in [0.29, 0.717) is 6.54 Å². The molecule has 1 aromatic carbocycles. The Kier molecular flexibility index (Phi) is 5.99. The smallest absolute Gasteiger partial charge is 0.317 e. The fraction of sp³-hybridized carbons (Fsp3) is 0.455. The topological polar surface area (TPSA) is 48.5 Å². The minimum absolute atomic E-state index is 0.0377. The molecule has 1 N–H and O–H groups in total. The highest BCUT2D eigenvalue weighted by atomic mass is 16.2. The van der Waals surface area contributed by atoms with Gasteiger partial charge in [-0.2, -0.15) is 0 Å². The van der Waals surface area contributed by atoms with E-state index in [4.69, 9.17) is 0 Å². The van der Waals surface area contributed by atoms with Crippen LogP contribution in [0.5, 0.6) is 0 Å². The summed E-state index contributed by atoms with van der Waals surface area (Å²) in [6.07, 6.45) is 4.47. The van der Waals surface area contributed by atoms with Crippen molar-refractivity contribution in [3.05, 3.63) is 59.9 Å². The number of urea groups is 1. The fourth-order valence-electron chi connectivity index (χ4n) is 3.32. The average Bonchev–Trinajstić information content (AvgIpc) is 2.68. The quantitative estimate of drug-likeness (QED) is 0.902. The SMILES string of the molecule is CC(C)(C)c1ccc(CCNC(=O)N2CCN(c3ccncc3)CC2)cc1. The number of hydrogen-bond donors (Lipinski definition) is 1. The van der Waals surface area contributed by atoms with Crippen LogP contribution in [0.3, 0.4) is 0 Å². The Hall–Kier alpha value is -2.56. The van der Waals surface area contributed by atoms with Gasteiger partial charge in [0.2, 0.25) is 0 Å². The van der Waals surface area contributed by atoms with Crippen molar-refractivity contribution in [3.8, 4) is 0 Å². The molecule has 1 aliphatic heterocycles. The number of pyridine rings is 1. The molecular formula is C22H30N4O. The Labute approximate surface area is 162 Å². The zero-order valence-corrected chi connectivity index (χ0v) is 16.6. The first kappa shape index (κ1) is 19.2. The van der Waals surface area contributed by atoms with Gasteiger partial charge in [-0.1, -0.05) is 45.0 Å². The molecule has 2 amide bonds. The average molecular weight is 367 g/mol. The molecule has 5 nitrogen and oxygen atoms in total. The fourth-order valence-corrected chi connectivity index (χ4v) is 3.32. The van der Waals surface area contributed by atoms with Gasteiger partial charge in [0, 0.05) is 50.8 Å². The van der Waals surface area contributed by atoms with Crippen LogP contribution in [0.15, 0.2) is 48.8 Å². The summed E-state index contributed by atoms with van der Waals surface area (Å²) >= 11 is 0. The summed E-state index contributed by atoms with van der Waals surface area (Å²) in [5, 5.41) is 3.06. The molecule has 0 saturated carbocycles. The van der Waals surface area contributed by atoms with Crippen molar-refractivity contribution < 1.29 is 4.79 Å². The maximum absolute atomic E-state index is 12.4. The second kappa shape index (κ2) is 8.42. The van der Waals surface area contributed by atoms with Crippen LogP contribution in [0.1, 0.15) is 31.9 Å². The number of benzene rings is 1. The van der Waals surface area contributed by atoms with E-state index in [1.807, 2.05) is 29.4 Å². The van der Waals surface area contributed by atoms with Crippen LogP contribution in [0.4, 0.5) is 10.5 Å². The zero-order valence-electron chi connectivity index (χ0n) is 16.6. The van der Waals surface area contributed by atoms with Gasteiger partial charge in [0.1, 0.15) is 0 Å². The lowest BCUT2D eigenvalue weighted by Gasteiger charge is -2.36. The second-order valence-corrected chi connectivity index (χ2v) is 8.11. The van der Waals surface area contributed by atoms with Crippen molar-refractivity contribution in [2.24, 2.45) is 0 Å². The number of carbonyl (C=O) groups is 1. The van der Waals surface area contributed by atoms with E-state index in [9.17, 15) is 4.79 Å². The van der Waals surface area contributed by atoms with E-state index in [0.717, 1.165) is 32.6 Å². The van der Waals surface area contributed by atoms with Crippen LogP contribution in [0.25, 0.3) is 0 Å². The molecule has 1 aromatic heterocycles. The molecule has 144 valence electrons. The molecule has 2 aromatic rings. The van der Waals surface area contributed by atoms with Crippen molar-refractivity contribution >= 4 is 11.7 Å². The number of nitrogens with one attached hydrogen (secondary N) is 1. The molecule has 5 heteroatoms. The van der Waals surface area contributed by atoms with E-state index in [1.165, 1.54) is 16.8 Å². The van der Waals surface area contributed by atoms with Gasteiger partial charge >= 0.3 is 6.03 Å². The van der Waals surface area contributed by atoms with Gasteiger partial charge in [0.05, 0.1) is 0 Å². The lowest BCUT2D eigenvalue weighted by molar-refractivity contribution is 0.194. The van der Waals surface area contributed by atoms with E-state index in [1.54, 1.807) is 0 Å². The van der Waals surface area contributed by atoms with Gasteiger partial charge in [-0.15, -0.1) is 0 Å². The summed E-state index contributed by atoms with van der Waals surface area (Å²) in [4.78, 5) is 20.7. The molecule has 0 aliphatic carbocycles. The van der Waals surface area contributed by atoms with Crippen molar-refractivity contribution in [1.29, 1.82) is 0 Å². The first-order valence-electron chi connectivity index (χ1n) is 9.71. The Morgan fingerprint density at radius 1 is 1.00 bits per heavy atom. The molecule has 3 rings (SSSR count). The van der Waals surface area contributed by atoms with Crippen molar-refractivity contribution in [1.82, 2.24) is 15.2 Å². The maximum Gasteiger partial charge on any atom is 0.317 e. The predicted molar refractivity (Wildman–Crippen MR) is 110 cm³/mol. The van der Waals surface area contributed by atoms with Crippen molar-refractivity contribution in [2.75, 3.05) is 37.6 Å². The van der Waals surface area contributed by atoms with Crippen LogP contribution in [0.2, 0.25) is 0 Å². The van der Waals surface area contributed by atoms with E-state index < -0.39 is 0 Å². The highest BCUT2D eigenvalue weighted by Crippen LogP contribution is 2.22. The number of hydrogen-bond acceptors (Lipinski definition) is 3. The summed E-state index contributed by atoms with van der Waals surface area (Å²) in [5.41, 5.74) is 3.93. The largest absolute Gasteiger partial charge is 0.368 e. The Bertz CT molecular complexity index is 729. The molecule has 1 saturated heterocycles. The van der Waals surface area contributed by atoms with Gasteiger partial charge in [0.15, 0.2) is 0 Å². The number of amides is 2. The molecule has 27 heavy (non-hydrogen) atoms. The summed E-state index contributed by atoms with van der Waals surface area (Å²) in [7, 11) is 0. The van der Waals surface area contributed by atoms with E-state index in [-0.39, 0.29) is 11.4 Å². The van der Waals surface area contributed by atoms with E-state index in [2.05, 4.69) is 60.2 Å².